The van der Waals surface area contributed by atoms with Gasteiger partial charge in [0.05, 0.1) is 17.8 Å². The fourth-order valence-electron chi connectivity index (χ4n) is 6.30. The molecule has 178 valence electrons. The van der Waals surface area contributed by atoms with Gasteiger partial charge in [0.1, 0.15) is 18.2 Å². The number of allylic oxidation sites excluding steroid dienone is 2. The summed E-state index contributed by atoms with van der Waals surface area (Å²) in [6.45, 7) is 4.04. The van der Waals surface area contributed by atoms with E-state index in [4.69, 9.17) is 4.74 Å². The summed E-state index contributed by atoms with van der Waals surface area (Å²) in [6, 6.07) is 0.427. The first kappa shape index (κ1) is 22.5. The summed E-state index contributed by atoms with van der Waals surface area (Å²) in [4.78, 5) is 37.7. The van der Waals surface area contributed by atoms with E-state index in [1.54, 1.807) is 13.3 Å². The van der Waals surface area contributed by atoms with Crippen LogP contribution < -0.4 is 4.74 Å². The standard InChI is InChI=1S/C26H36N4O3/c1-17(31)13-18-5-6-19-14-22-25(24(18)19)26(28-16-27-22)33-21-9-7-20(8-10-21)29(2)15-23(32)30-11-3-4-12-30/h16,18,20-21H,3-15H2,1-2H3/t18-,20-,21-/m1/s1. The zero-order valence-electron chi connectivity index (χ0n) is 20.0. The van der Waals surface area contributed by atoms with Crippen LogP contribution in [0.4, 0.5) is 0 Å². The van der Waals surface area contributed by atoms with Crippen LogP contribution in [-0.2, 0) is 16.0 Å². The maximum atomic E-state index is 12.5. The third kappa shape index (κ3) is 4.70. The molecule has 1 amide bonds. The Morgan fingerprint density at radius 2 is 1.88 bits per heavy atom. The van der Waals surface area contributed by atoms with Crippen LogP contribution in [-0.4, -0.2) is 70.3 Å². The first-order valence-electron chi connectivity index (χ1n) is 12.7. The van der Waals surface area contributed by atoms with Crippen molar-refractivity contribution in [2.24, 2.45) is 5.92 Å². The van der Waals surface area contributed by atoms with Gasteiger partial charge in [-0.2, -0.15) is 0 Å². The molecule has 33 heavy (non-hydrogen) atoms. The van der Waals surface area contributed by atoms with Gasteiger partial charge in [-0.15, -0.1) is 0 Å². The normalized spacial score (nSPS) is 26.6. The molecule has 2 heterocycles. The molecule has 0 unspecified atom stereocenters. The van der Waals surface area contributed by atoms with Gasteiger partial charge < -0.3 is 14.4 Å². The number of rotatable bonds is 7. The Balaban J connectivity index is 1.20. The second-order valence-electron chi connectivity index (χ2n) is 10.4. The molecule has 7 heteroatoms. The summed E-state index contributed by atoms with van der Waals surface area (Å²) in [7, 11) is 2.08. The van der Waals surface area contributed by atoms with Crippen molar-refractivity contribution in [3.63, 3.8) is 0 Å². The summed E-state index contributed by atoms with van der Waals surface area (Å²) >= 11 is 0. The quantitative estimate of drug-likeness (QED) is 0.631. The zero-order valence-corrected chi connectivity index (χ0v) is 20.0. The molecule has 2 fully saturated rings. The van der Waals surface area contributed by atoms with Crippen LogP contribution in [0.25, 0.3) is 5.57 Å². The number of Topliss-reactive ketones (excluding diaryl/α,β-unsaturated/α-hetero) is 1. The Morgan fingerprint density at radius 3 is 2.61 bits per heavy atom. The zero-order chi connectivity index (χ0) is 22.9. The Labute approximate surface area is 196 Å². The number of ketones is 1. The maximum Gasteiger partial charge on any atom is 0.236 e. The van der Waals surface area contributed by atoms with Gasteiger partial charge >= 0.3 is 0 Å². The van der Waals surface area contributed by atoms with Gasteiger partial charge in [0.2, 0.25) is 11.8 Å². The summed E-state index contributed by atoms with van der Waals surface area (Å²) in [5.41, 5.74) is 4.86. The number of amides is 1. The van der Waals surface area contributed by atoms with Gasteiger partial charge in [0.25, 0.3) is 0 Å². The monoisotopic (exact) mass is 452 g/mol. The van der Waals surface area contributed by atoms with Crippen molar-refractivity contribution in [2.45, 2.75) is 83.3 Å². The van der Waals surface area contributed by atoms with Crippen LogP contribution in [0, 0.1) is 5.92 Å². The number of fused-ring (bicyclic) bond motifs is 2. The van der Waals surface area contributed by atoms with E-state index in [1.165, 1.54) is 11.1 Å². The lowest BCUT2D eigenvalue weighted by molar-refractivity contribution is -0.131. The van der Waals surface area contributed by atoms with Crippen molar-refractivity contribution in [1.82, 2.24) is 19.8 Å². The number of carbonyl (C=O) groups is 2. The van der Waals surface area contributed by atoms with Crippen molar-refractivity contribution in [3.8, 4) is 5.88 Å². The SMILES string of the molecule is CC(=O)C[C@H]1CCC2=C1c1c(ncnc1O[C@H]1CC[C@H](N(C)CC(=O)N3CCCC3)CC1)C2. The molecule has 1 aliphatic heterocycles. The summed E-state index contributed by atoms with van der Waals surface area (Å²) in [5.74, 6) is 1.50. The minimum absolute atomic E-state index is 0.139. The van der Waals surface area contributed by atoms with Crippen molar-refractivity contribution in [3.05, 3.63) is 23.2 Å². The molecule has 1 saturated carbocycles. The molecule has 1 aromatic heterocycles. The topological polar surface area (TPSA) is 75.6 Å². The van der Waals surface area contributed by atoms with Gasteiger partial charge in [-0.3, -0.25) is 9.69 Å². The van der Waals surface area contributed by atoms with Gasteiger partial charge in [-0.05, 0) is 76.8 Å². The fourth-order valence-corrected chi connectivity index (χ4v) is 6.30. The average molecular weight is 453 g/mol. The molecule has 1 aromatic rings. The second-order valence-corrected chi connectivity index (χ2v) is 10.4. The highest BCUT2D eigenvalue weighted by atomic mass is 16.5. The van der Waals surface area contributed by atoms with E-state index >= 15 is 0 Å². The molecular formula is C26H36N4O3. The third-order valence-electron chi connectivity index (χ3n) is 8.05. The fraction of sp³-hybridized carbons (Fsp3) is 0.692. The molecule has 5 rings (SSSR count). The van der Waals surface area contributed by atoms with E-state index in [-0.39, 0.29) is 23.7 Å². The van der Waals surface area contributed by atoms with E-state index in [1.807, 2.05) is 4.90 Å². The van der Waals surface area contributed by atoms with E-state index in [0.29, 0.717) is 24.9 Å². The van der Waals surface area contributed by atoms with Crippen LogP contribution in [0.3, 0.4) is 0 Å². The molecule has 0 radical (unpaired) electrons. The highest BCUT2D eigenvalue weighted by Crippen LogP contribution is 2.50. The molecule has 0 N–H and O–H groups in total. The number of likely N-dealkylation sites (N-methyl/N-ethyl adjacent to an activating group) is 1. The summed E-state index contributed by atoms with van der Waals surface area (Å²) < 4.78 is 6.49. The van der Waals surface area contributed by atoms with Gasteiger partial charge in [-0.25, -0.2) is 9.97 Å². The lowest BCUT2D eigenvalue weighted by Crippen LogP contribution is -2.44. The summed E-state index contributed by atoms with van der Waals surface area (Å²) in [5, 5.41) is 0. The first-order chi connectivity index (χ1) is 16.0. The lowest BCUT2D eigenvalue weighted by Gasteiger charge is -2.35. The molecule has 0 bridgehead atoms. The molecule has 1 saturated heterocycles. The summed E-state index contributed by atoms with van der Waals surface area (Å²) in [6.07, 6.45) is 11.6. The largest absolute Gasteiger partial charge is 0.474 e. The minimum atomic E-state index is 0.139. The molecule has 4 aliphatic rings. The number of hydrogen-bond acceptors (Lipinski definition) is 6. The second kappa shape index (κ2) is 9.53. The van der Waals surface area contributed by atoms with Crippen molar-refractivity contribution < 1.29 is 14.3 Å². The molecule has 0 aromatic carbocycles. The minimum Gasteiger partial charge on any atom is -0.474 e. The van der Waals surface area contributed by atoms with E-state index in [0.717, 1.165) is 82.1 Å². The Kier molecular flexibility index (Phi) is 6.50. The van der Waals surface area contributed by atoms with E-state index in [9.17, 15) is 9.59 Å². The average Bonchev–Trinajstić information content (AvgIpc) is 3.52. The smallest absolute Gasteiger partial charge is 0.236 e. The molecule has 7 nitrogen and oxygen atoms in total. The number of nitrogens with zero attached hydrogens (tertiary/aromatic N) is 4. The highest BCUT2D eigenvalue weighted by molar-refractivity contribution is 5.85. The van der Waals surface area contributed by atoms with Gasteiger partial charge in [0.15, 0.2) is 0 Å². The number of likely N-dealkylation sites (tertiary alicyclic amines) is 1. The van der Waals surface area contributed by atoms with Gasteiger partial charge in [0, 0.05) is 32.0 Å². The van der Waals surface area contributed by atoms with Gasteiger partial charge in [-0.1, -0.05) is 5.57 Å². The number of hydrogen-bond donors (Lipinski definition) is 0. The molecular weight excluding hydrogens is 416 g/mol. The van der Waals surface area contributed by atoms with Crippen LogP contribution in [0.15, 0.2) is 11.9 Å². The Hall–Kier alpha value is -2.28. The molecule has 1 atom stereocenters. The van der Waals surface area contributed by atoms with E-state index < -0.39 is 0 Å². The van der Waals surface area contributed by atoms with Crippen molar-refractivity contribution >= 4 is 17.3 Å². The van der Waals surface area contributed by atoms with E-state index in [2.05, 4.69) is 21.9 Å². The predicted octanol–water partition coefficient (Wildman–Crippen LogP) is 3.42. The Morgan fingerprint density at radius 1 is 1.12 bits per heavy atom. The van der Waals surface area contributed by atoms with Crippen molar-refractivity contribution in [1.29, 1.82) is 0 Å². The Bertz CT molecular complexity index is 945. The van der Waals surface area contributed by atoms with Crippen LogP contribution in [0.1, 0.15) is 76.0 Å². The lowest BCUT2D eigenvalue weighted by atomic mass is 9.91. The van der Waals surface area contributed by atoms with Crippen LogP contribution in [0.5, 0.6) is 5.88 Å². The maximum absolute atomic E-state index is 12.5. The first-order valence-corrected chi connectivity index (χ1v) is 12.7. The van der Waals surface area contributed by atoms with Crippen LogP contribution in [0.2, 0.25) is 0 Å². The number of carbonyl (C=O) groups excluding carboxylic acids is 2. The van der Waals surface area contributed by atoms with Crippen LogP contribution >= 0.6 is 0 Å². The van der Waals surface area contributed by atoms with Crippen molar-refractivity contribution in [2.75, 3.05) is 26.7 Å². The highest BCUT2D eigenvalue weighted by Gasteiger charge is 2.37. The molecule has 0 spiro atoms. The number of ether oxygens (including phenoxy) is 1. The molecule has 3 aliphatic carbocycles. The predicted molar refractivity (Wildman–Crippen MR) is 126 cm³/mol. The third-order valence-corrected chi connectivity index (χ3v) is 8.05. The number of aromatic nitrogens is 2.